The lowest BCUT2D eigenvalue weighted by Crippen LogP contribution is -2.14. The number of aldehydes is 1. The molecule has 0 amide bonds. The van der Waals surface area contributed by atoms with Gasteiger partial charge in [-0.2, -0.15) is 0 Å². The van der Waals surface area contributed by atoms with E-state index in [4.69, 9.17) is 0 Å². The van der Waals surface area contributed by atoms with E-state index in [0.29, 0.717) is 11.8 Å². The fourth-order valence-corrected chi connectivity index (χ4v) is 3.21. The third-order valence-electron chi connectivity index (χ3n) is 4.41. The summed E-state index contributed by atoms with van der Waals surface area (Å²) in [6.45, 7) is 6.43. The molecule has 0 saturated heterocycles. The van der Waals surface area contributed by atoms with Gasteiger partial charge in [0.2, 0.25) is 0 Å². The molecule has 0 radical (unpaired) electrons. The van der Waals surface area contributed by atoms with Gasteiger partial charge in [-0.05, 0) is 49.0 Å². The number of hydrogen-bond acceptors (Lipinski definition) is 2. The average molecular weight is 234 g/mol. The molecule has 94 valence electrons. The molecule has 2 rings (SSSR count). The van der Waals surface area contributed by atoms with Crippen molar-refractivity contribution in [2.75, 3.05) is 0 Å². The summed E-state index contributed by atoms with van der Waals surface area (Å²) in [5.74, 6) is 0.669. The van der Waals surface area contributed by atoms with Crippen LogP contribution >= 0.6 is 0 Å². The van der Waals surface area contributed by atoms with Gasteiger partial charge >= 0.3 is 0 Å². The van der Waals surface area contributed by atoms with E-state index in [9.17, 15) is 9.90 Å². The van der Waals surface area contributed by atoms with Gasteiger partial charge in [-0.15, -0.1) is 0 Å². The van der Waals surface area contributed by atoms with Gasteiger partial charge in [0.15, 0.2) is 0 Å². The molecule has 1 fully saturated rings. The fourth-order valence-electron chi connectivity index (χ4n) is 3.21. The Kier molecular flexibility index (Phi) is 3.26. The van der Waals surface area contributed by atoms with E-state index in [1.165, 1.54) is 5.57 Å². The van der Waals surface area contributed by atoms with Crippen LogP contribution in [0.2, 0.25) is 0 Å². The fraction of sp³-hybridized carbons (Fsp3) is 0.667. The number of rotatable bonds is 1. The number of aliphatic hydroxyl groups excluding tert-OH is 1. The second-order valence-electron chi connectivity index (χ2n) is 6.09. The van der Waals surface area contributed by atoms with E-state index in [-0.39, 0.29) is 11.5 Å². The summed E-state index contributed by atoms with van der Waals surface area (Å²) in [6.07, 6.45) is 7.45. The smallest absolute Gasteiger partial charge is 0.145 e. The molecule has 0 bridgehead atoms. The average Bonchev–Trinajstić information content (AvgIpc) is 2.78. The molecule has 2 heteroatoms. The lowest BCUT2D eigenvalue weighted by molar-refractivity contribution is -0.105. The van der Waals surface area contributed by atoms with Crippen molar-refractivity contribution in [3.63, 3.8) is 0 Å². The molecular formula is C15H22O2. The van der Waals surface area contributed by atoms with Gasteiger partial charge in [0.1, 0.15) is 6.29 Å². The molecule has 0 aromatic heterocycles. The number of aliphatic hydroxyl groups is 1. The highest BCUT2D eigenvalue weighted by Crippen LogP contribution is 2.61. The van der Waals surface area contributed by atoms with Crippen molar-refractivity contribution in [3.8, 4) is 0 Å². The Morgan fingerprint density at radius 1 is 1.47 bits per heavy atom. The summed E-state index contributed by atoms with van der Waals surface area (Å²) < 4.78 is 0. The van der Waals surface area contributed by atoms with E-state index in [1.54, 1.807) is 0 Å². The Labute approximate surface area is 103 Å². The van der Waals surface area contributed by atoms with Gasteiger partial charge in [0, 0.05) is 0 Å². The first kappa shape index (κ1) is 12.6. The third-order valence-corrected chi connectivity index (χ3v) is 4.41. The lowest BCUT2D eigenvalue weighted by Gasteiger charge is -2.13. The van der Waals surface area contributed by atoms with Crippen LogP contribution in [0.5, 0.6) is 0 Å². The Bertz CT molecular complexity index is 376. The highest BCUT2D eigenvalue weighted by Gasteiger charge is 2.59. The molecule has 17 heavy (non-hydrogen) atoms. The maximum absolute atomic E-state index is 11.0. The second kappa shape index (κ2) is 4.41. The van der Waals surface area contributed by atoms with Crippen molar-refractivity contribution in [2.24, 2.45) is 17.3 Å². The first-order chi connectivity index (χ1) is 7.96. The van der Waals surface area contributed by atoms with Gasteiger partial charge in [0.25, 0.3) is 0 Å². The highest BCUT2D eigenvalue weighted by molar-refractivity contribution is 5.73. The quantitative estimate of drug-likeness (QED) is 0.559. The van der Waals surface area contributed by atoms with Gasteiger partial charge in [0.05, 0.1) is 6.10 Å². The first-order valence-corrected chi connectivity index (χ1v) is 6.46. The van der Waals surface area contributed by atoms with Crippen molar-refractivity contribution in [2.45, 2.75) is 46.1 Å². The van der Waals surface area contributed by atoms with Gasteiger partial charge < -0.3 is 5.11 Å². The predicted octanol–water partition coefficient (Wildman–Crippen LogP) is 2.88. The summed E-state index contributed by atoms with van der Waals surface area (Å²) in [7, 11) is 0. The summed E-state index contributed by atoms with van der Waals surface area (Å²) >= 11 is 0. The second-order valence-corrected chi connectivity index (χ2v) is 6.09. The monoisotopic (exact) mass is 234 g/mol. The van der Waals surface area contributed by atoms with Crippen molar-refractivity contribution in [1.29, 1.82) is 0 Å². The number of fused-ring (bicyclic) bond motifs is 1. The zero-order valence-electron chi connectivity index (χ0n) is 10.9. The molecule has 0 spiro atoms. The van der Waals surface area contributed by atoms with Crippen LogP contribution in [0.15, 0.2) is 23.3 Å². The largest absolute Gasteiger partial charge is 0.392 e. The van der Waals surface area contributed by atoms with E-state index < -0.39 is 0 Å². The molecule has 1 saturated carbocycles. The van der Waals surface area contributed by atoms with Crippen LogP contribution in [0.4, 0.5) is 0 Å². The molecule has 0 heterocycles. The molecular weight excluding hydrogens is 212 g/mol. The molecule has 3 unspecified atom stereocenters. The van der Waals surface area contributed by atoms with Gasteiger partial charge in [-0.1, -0.05) is 31.6 Å². The van der Waals surface area contributed by atoms with Crippen LogP contribution in [0.1, 0.15) is 40.0 Å². The van der Waals surface area contributed by atoms with Crippen LogP contribution in [-0.4, -0.2) is 17.5 Å². The van der Waals surface area contributed by atoms with E-state index in [0.717, 1.165) is 31.1 Å². The van der Waals surface area contributed by atoms with Crippen LogP contribution in [-0.2, 0) is 4.79 Å². The molecule has 2 aliphatic carbocycles. The van der Waals surface area contributed by atoms with Crippen LogP contribution in [0.3, 0.4) is 0 Å². The van der Waals surface area contributed by atoms with Gasteiger partial charge in [-0.3, -0.25) is 4.79 Å². The third kappa shape index (κ3) is 2.37. The Hall–Kier alpha value is -0.890. The molecule has 0 aromatic carbocycles. The molecule has 2 nitrogen and oxygen atoms in total. The van der Waals surface area contributed by atoms with Crippen molar-refractivity contribution in [1.82, 2.24) is 0 Å². The summed E-state index contributed by atoms with van der Waals surface area (Å²) in [5.41, 5.74) is 2.27. The number of carbonyl (C=O) groups is 1. The zero-order chi connectivity index (χ0) is 12.6. The normalized spacial score (nSPS) is 36.4. The SMILES string of the molecule is CC1=CCCC(C=O)=CC2C(C(O)C1)C2(C)C. The molecule has 0 aliphatic heterocycles. The number of carbonyl (C=O) groups excluding carboxylic acids is 1. The van der Waals surface area contributed by atoms with E-state index in [1.807, 2.05) is 0 Å². The van der Waals surface area contributed by atoms with Crippen LogP contribution < -0.4 is 0 Å². The summed E-state index contributed by atoms with van der Waals surface area (Å²) in [6, 6.07) is 0. The zero-order valence-corrected chi connectivity index (χ0v) is 10.9. The molecule has 0 aromatic rings. The lowest BCUT2D eigenvalue weighted by atomic mass is 9.98. The van der Waals surface area contributed by atoms with Crippen LogP contribution in [0.25, 0.3) is 0 Å². The standard InChI is InChI=1S/C15H22O2/c1-10-5-4-6-11(9-16)8-12-14(13(17)7-10)15(12,2)3/h5,8-9,12-14,17H,4,6-7H2,1-3H3. The number of hydrogen-bond donors (Lipinski definition) is 1. The van der Waals surface area contributed by atoms with Crippen molar-refractivity contribution in [3.05, 3.63) is 23.3 Å². The molecule has 1 N–H and O–H groups in total. The van der Waals surface area contributed by atoms with Gasteiger partial charge in [-0.25, -0.2) is 0 Å². The summed E-state index contributed by atoms with van der Waals surface area (Å²) in [5, 5.41) is 10.2. The maximum Gasteiger partial charge on any atom is 0.145 e. The Morgan fingerprint density at radius 3 is 2.82 bits per heavy atom. The first-order valence-electron chi connectivity index (χ1n) is 6.46. The maximum atomic E-state index is 11.0. The molecule has 2 aliphatic rings. The summed E-state index contributed by atoms with van der Waals surface area (Å²) in [4.78, 5) is 11.0. The Morgan fingerprint density at radius 2 is 2.18 bits per heavy atom. The Balaban J connectivity index is 2.26. The van der Waals surface area contributed by atoms with E-state index in [2.05, 4.69) is 32.9 Å². The molecule has 3 atom stereocenters. The minimum Gasteiger partial charge on any atom is -0.392 e. The minimum absolute atomic E-state index is 0.137. The predicted molar refractivity (Wildman–Crippen MR) is 68.5 cm³/mol. The van der Waals surface area contributed by atoms with Crippen molar-refractivity contribution < 1.29 is 9.90 Å². The minimum atomic E-state index is -0.270. The van der Waals surface area contributed by atoms with E-state index >= 15 is 0 Å². The highest BCUT2D eigenvalue weighted by atomic mass is 16.3. The van der Waals surface area contributed by atoms with Crippen molar-refractivity contribution >= 4 is 6.29 Å². The topological polar surface area (TPSA) is 37.3 Å². The number of allylic oxidation sites excluding steroid dienone is 3. The van der Waals surface area contributed by atoms with Crippen LogP contribution in [0, 0.1) is 17.3 Å².